The Morgan fingerprint density at radius 2 is 1.96 bits per heavy atom. The number of aromatic hydroxyl groups is 1. The molecule has 24 heavy (non-hydrogen) atoms. The molecule has 1 heterocycles. The maximum atomic E-state index is 12.1. The Hall–Kier alpha value is -2.76. The number of carbonyl (C=O) groups excluding carboxylic acids is 1. The quantitative estimate of drug-likeness (QED) is 0.814. The van der Waals surface area contributed by atoms with Gasteiger partial charge in [-0.25, -0.2) is 0 Å². The van der Waals surface area contributed by atoms with Gasteiger partial charge in [0.05, 0.1) is 12.3 Å². The molecule has 0 unspecified atom stereocenters. The van der Waals surface area contributed by atoms with E-state index in [1.54, 1.807) is 42.0 Å². The minimum Gasteiger partial charge on any atom is -0.503 e. The van der Waals surface area contributed by atoms with Crippen LogP contribution in [0.1, 0.15) is 29.4 Å². The fourth-order valence-electron chi connectivity index (χ4n) is 2.22. The van der Waals surface area contributed by atoms with Gasteiger partial charge in [0.25, 0.3) is 5.91 Å². The summed E-state index contributed by atoms with van der Waals surface area (Å²) >= 11 is 0. The molecule has 0 bridgehead atoms. The van der Waals surface area contributed by atoms with Crippen LogP contribution in [0.25, 0.3) is 0 Å². The van der Waals surface area contributed by atoms with E-state index in [0.717, 1.165) is 12.2 Å². The summed E-state index contributed by atoms with van der Waals surface area (Å²) in [6, 6.07) is 8.29. The number of hydrogen-bond donors (Lipinski definition) is 2. The number of hydrogen-bond acceptors (Lipinski definition) is 4. The van der Waals surface area contributed by atoms with Crippen LogP contribution >= 0.6 is 0 Å². The number of rotatable bonds is 7. The molecule has 2 N–H and O–H groups in total. The third-order valence-corrected chi connectivity index (χ3v) is 3.64. The Balaban J connectivity index is 1.89. The lowest BCUT2D eigenvalue weighted by atomic mass is 10.2. The molecule has 0 saturated heterocycles. The largest absolute Gasteiger partial charge is 0.503 e. The number of ether oxygens (including phenoxy) is 1. The van der Waals surface area contributed by atoms with Gasteiger partial charge in [-0.05, 0) is 37.6 Å². The van der Waals surface area contributed by atoms with Gasteiger partial charge in [0.15, 0.2) is 5.75 Å². The Kier molecular flexibility index (Phi) is 6.01. The fraction of sp³-hybridized carbons (Fsp3) is 0.333. The molecule has 1 aromatic heterocycles. The predicted molar refractivity (Wildman–Crippen MR) is 91.7 cm³/mol. The highest BCUT2D eigenvalue weighted by Crippen LogP contribution is 2.12. The van der Waals surface area contributed by atoms with E-state index in [-0.39, 0.29) is 11.7 Å². The lowest BCUT2D eigenvalue weighted by Crippen LogP contribution is -2.28. The average Bonchev–Trinajstić information content (AvgIpc) is 2.60. The SMILES string of the molecule is CCCOc1ccc(C(=O)NCCn2ccc(=O)c(O)c2C)cc1. The number of aromatic nitrogens is 1. The van der Waals surface area contributed by atoms with Crippen molar-refractivity contribution in [1.29, 1.82) is 0 Å². The van der Waals surface area contributed by atoms with Gasteiger partial charge in [-0.1, -0.05) is 6.92 Å². The molecule has 0 fully saturated rings. The van der Waals surface area contributed by atoms with Crippen molar-refractivity contribution in [2.75, 3.05) is 13.2 Å². The summed E-state index contributed by atoms with van der Waals surface area (Å²) < 4.78 is 7.20. The summed E-state index contributed by atoms with van der Waals surface area (Å²) in [5.41, 5.74) is 0.630. The van der Waals surface area contributed by atoms with Crippen LogP contribution in [0.5, 0.6) is 11.5 Å². The van der Waals surface area contributed by atoms with Gasteiger partial charge in [0, 0.05) is 30.9 Å². The number of amides is 1. The van der Waals surface area contributed by atoms with E-state index >= 15 is 0 Å². The third kappa shape index (κ3) is 4.38. The van der Waals surface area contributed by atoms with Crippen LogP contribution in [-0.4, -0.2) is 28.7 Å². The van der Waals surface area contributed by atoms with Crippen LogP contribution in [0.3, 0.4) is 0 Å². The van der Waals surface area contributed by atoms with Crippen LogP contribution in [0.2, 0.25) is 0 Å². The van der Waals surface area contributed by atoms with Gasteiger partial charge < -0.3 is 19.7 Å². The van der Waals surface area contributed by atoms with Gasteiger partial charge in [-0.2, -0.15) is 0 Å². The molecule has 1 aromatic carbocycles. The minimum atomic E-state index is -0.404. The highest BCUT2D eigenvalue weighted by molar-refractivity contribution is 5.94. The molecule has 0 radical (unpaired) electrons. The summed E-state index contributed by atoms with van der Waals surface area (Å²) in [6.07, 6.45) is 2.53. The zero-order valence-corrected chi connectivity index (χ0v) is 13.9. The number of benzene rings is 1. The molecule has 1 amide bonds. The van der Waals surface area contributed by atoms with Gasteiger partial charge in [-0.15, -0.1) is 0 Å². The van der Waals surface area contributed by atoms with Crippen molar-refractivity contribution in [3.63, 3.8) is 0 Å². The van der Waals surface area contributed by atoms with Crippen LogP contribution in [0, 0.1) is 6.92 Å². The maximum absolute atomic E-state index is 12.1. The van der Waals surface area contributed by atoms with Crippen molar-refractivity contribution in [2.45, 2.75) is 26.8 Å². The monoisotopic (exact) mass is 330 g/mol. The highest BCUT2D eigenvalue weighted by Gasteiger charge is 2.07. The highest BCUT2D eigenvalue weighted by atomic mass is 16.5. The van der Waals surface area contributed by atoms with Gasteiger partial charge >= 0.3 is 0 Å². The lowest BCUT2D eigenvalue weighted by molar-refractivity contribution is 0.0952. The molecule has 0 aliphatic heterocycles. The Morgan fingerprint density at radius 1 is 1.25 bits per heavy atom. The molecule has 0 aliphatic rings. The number of pyridine rings is 1. The first-order valence-corrected chi connectivity index (χ1v) is 7.93. The molecule has 128 valence electrons. The van der Waals surface area contributed by atoms with Crippen LogP contribution in [0.15, 0.2) is 41.3 Å². The average molecular weight is 330 g/mol. The molecular weight excluding hydrogens is 308 g/mol. The van der Waals surface area contributed by atoms with Crippen molar-refractivity contribution >= 4 is 5.91 Å². The van der Waals surface area contributed by atoms with E-state index in [1.165, 1.54) is 6.07 Å². The Labute approximate surface area is 140 Å². The van der Waals surface area contributed by atoms with Gasteiger partial charge in [0.2, 0.25) is 5.43 Å². The smallest absolute Gasteiger partial charge is 0.251 e. The molecule has 0 atom stereocenters. The van der Waals surface area contributed by atoms with E-state index < -0.39 is 5.43 Å². The first-order chi connectivity index (χ1) is 11.5. The summed E-state index contributed by atoms with van der Waals surface area (Å²) in [5.74, 6) is 0.305. The molecular formula is C18H22N2O4. The van der Waals surface area contributed by atoms with Crippen molar-refractivity contribution in [3.05, 3.63) is 58.0 Å². The molecule has 0 spiro atoms. The molecule has 0 aliphatic carbocycles. The zero-order valence-electron chi connectivity index (χ0n) is 13.9. The second-order valence-electron chi connectivity index (χ2n) is 5.44. The molecule has 2 aromatic rings. The zero-order chi connectivity index (χ0) is 17.5. The first kappa shape index (κ1) is 17.6. The van der Waals surface area contributed by atoms with Crippen molar-refractivity contribution in [1.82, 2.24) is 9.88 Å². The molecule has 6 nitrogen and oxygen atoms in total. The standard InChI is InChI=1S/C18H22N2O4/c1-3-12-24-15-6-4-14(5-7-15)18(23)19-9-11-20-10-8-16(21)17(22)13(20)2/h4-8,10,22H,3,9,11-12H2,1-2H3,(H,19,23). The van der Waals surface area contributed by atoms with E-state index in [9.17, 15) is 14.7 Å². The second-order valence-corrected chi connectivity index (χ2v) is 5.44. The van der Waals surface area contributed by atoms with Crippen molar-refractivity contribution in [3.8, 4) is 11.5 Å². The van der Waals surface area contributed by atoms with E-state index in [1.807, 2.05) is 6.92 Å². The molecule has 0 saturated carbocycles. The summed E-state index contributed by atoms with van der Waals surface area (Å²) in [5, 5.41) is 12.4. The predicted octanol–water partition coefficient (Wildman–Crippen LogP) is 2.08. The number of nitrogens with zero attached hydrogens (tertiary/aromatic N) is 1. The van der Waals surface area contributed by atoms with Crippen molar-refractivity contribution < 1.29 is 14.6 Å². The minimum absolute atomic E-state index is 0.181. The van der Waals surface area contributed by atoms with Crippen LogP contribution in [-0.2, 0) is 6.54 Å². The van der Waals surface area contributed by atoms with Crippen LogP contribution in [0.4, 0.5) is 0 Å². The normalized spacial score (nSPS) is 10.4. The third-order valence-electron chi connectivity index (χ3n) is 3.64. The Bertz CT molecular complexity index is 751. The summed E-state index contributed by atoms with van der Waals surface area (Å²) in [4.78, 5) is 23.4. The maximum Gasteiger partial charge on any atom is 0.251 e. The van der Waals surface area contributed by atoms with E-state index in [2.05, 4.69) is 5.32 Å². The van der Waals surface area contributed by atoms with Gasteiger partial charge in [0.1, 0.15) is 5.75 Å². The summed E-state index contributed by atoms with van der Waals surface area (Å²) in [6.45, 7) is 5.19. The Morgan fingerprint density at radius 3 is 2.62 bits per heavy atom. The summed E-state index contributed by atoms with van der Waals surface area (Å²) in [7, 11) is 0. The first-order valence-electron chi connectivity index (χ1n) is 7.93. The van der Waals surface area contributed by atoms with Gasteiger partial charge in [-0.3, -0.25) is 9.59 Å². The molecule has 2 rings (SSSR count). The second kappa shape index (κ2) is 8.19. The number of nitrogens with one attached hydrogen (secondary N) is 1. The topological polar surface area (TPSA) is 80.6 Å². The molecule has 6 heteroatoms. The lowest BCUT2D eigenvalue weighted by Gasteiger charge is -2.12. The van der Waals surface area contributed by atoms with Crippen LogP contribution < -0.4 is 15.5 Å². The van der Waals surface area contributed by atoms with Crippen molar-refractivity contribution in [2.24, 2.45) is 0 Å². The number of carbonyl (C=O) groups is 1. The fourth-order valence-corrected chi connectivity index (χ4v) is 2.22. The van der Waals surface area contributed by atoms with E-state index in [4.69, 9.17) is 4.74 Å². The van der Waals surface area contributed by atoms with E-state index in [0.29, 0.717) is 31.0 Å².